The Labute approximate surface area is 188 Å². The van der Waals surface area contributed by atoms with Crippen LogP contribution in [0, 0.1) is 0 Å². The number of hydrogen-bond acceptors (Lipinski definition) is 7. The first-order valence-corrected chi connectivity index (χ1v) is 11.0. The van der Waals surface area contributed by atoms with E-state index in [9.17, 15) is 9.59 Å². The molecule has 0 N–H and O–H groups in total. The molecule has 1 atom stereocenters. The molecule has 31 heavy (non-hydrogen) atoms. The van der Waals surface area contributed by atoms with Gasteiger partial charge in [0.15, 0.2) is 5.13 Å². The van der Waals surface area contributed by atoms with Gasteiger partial charge in [0, 0.05) is 12.2 Å². The van der Waals surface area contributed by atoms with Gasteiger partial charge in [0.1, 0.15) is 11.3 Å². The molecular weight excluding hydrogens is 440 g/mol. The fourth-order valence-corrected chi connectivity index (χ4v) is 4.75. The van der Waals surface area contributed by atoms with E-state index in [1.165, 1.54) is 18.4 Å². The molecule has 162 valence electrons. The monoisotopic (exact) mass is 460 g/mol. The highest BCUT2D eigenvalue weighted by Gasteiger charge is 2.28. The maximum Gasteiger partial charge on any atom is 0.337 e. The predicted octanol–water partition coefficient (Wildman–Crippen LogP) is 4.57. The highest BCUT2D eigenvalue weighted by Crippen LogP contribution is 2.39. The van der Waals surface area contributed by atoms with Gasteiger partial charge in [0.2, 0.25) is 0 Å². The average molecular weight is 461 g/mol. The van der Waals surface area contributed by atoms with Crippen molar-refractivity contribution < 1.29 is 23.8 Å². The number of aromatic nitrogens is 1. The smallest absolute Gasteiger partial charge is 0.337 e. The molecule has 1 saturated heterocycles. The summed E-state index contributed by atoms with van der Waals surface area (Å²) in [4.78, 5) is 31.5. The van der Waals surface area contributed by atoms with Crippen LogP contribution in [0.15, 0.2) is 36.4 Å². The Morgan fingerprint density at radius 1 is 1.19 bits per heavy atom. The van der Waals surface area contributed by atoms with Crippen LogP contribution in [0.2, 0.25) is 5.02 Å². The molecule has 0 bridgehead atoms. The predicted molar refractivity (Wildman–Crippen MR) is 120 cm³/mol. The lowest BCUT2D eigenvalue weighted by atomic mass is 10.1. The van der Waals surface area contributed by atoms with Crippen molar-refractivity contribution in [1.29, 1.82) is 0 Å². The van der Waals surface area contributed by atoms with Crippen LogP contribution in [0.1, 0.15) is 33.6 Å². The maximum atomic E-state index is 13.5. The second kappa shape index (κ2) is 9.21. The molecule has 0 aliphatic carbocycles. The van der Waals surface area contributed by atoms with Gasteiger partial charge < -0.3 is 14.2 Å². The summed E-state index contributed by atoms with van der Waals surface area (Å²) in [6, 6.07) is 9.87. The van der Waals surface area contributed by atoms with Crippen LogP contribution in [0.5, 0.6) is 5.75 Å². The summed E-state index contributed by atoms with van der Waals surface area (Å²) in [6.45, 7) is 1.05. The third-order valence-corrected chi connectivity index (χ3v) is 6.64. The fraction of sp³-hybridized carbons (Fsp3) is 0.318. The standard InChI is InChI=1S/C22H21ClN2O5S/c1-28-17-10-9-16(23)19-18(17)24-22(31-19)25(12-15-4-3-11-30-15)20(26)13-5-7-14(8-6-13)21(27)29-2/h5-10,15H,3-4,11-12H2,1-2H3. The number of halogens is 1. The van der Waals surface area contributed by atoms with Gasteiger partial charge >= 0.3 is 5.97 Å². The van der Waals surface area contributed by atoms with Gasteiger partial charge in [-0.15, -0.1) is 0 Å². The minimum atomic E-state index is -0.455. The minimum Gasteiger partial charge on any atom is -0.494 e. The van der Waals surface area contributed by atoms with Crippen LogP contribution in [0.25, 0.3) is 10.2 Å². The number of hydrogen-bond donors (Lipinski definition) is 0. The summed E-state index contributed by atoms with van der Waals surface area (Å²) in [5, 5.41) is 1.06. The van der Waals surface area contributed by atoms with Crippen molar-refractivity contribution in [2.45, 2.75) is 18.9 Å². The number of carbonyl (C=O) groups is 2. The number of benzene rings is 2. The number of thiazole rings is 1. The molecule has 7 nitrogen and oxygen atoms in total. The molecule has 9 heteroatoms. The average Bonchev–Trinajstić information content (AvgIpc) is 3.47. The first kappa shape index (κ1) is 21.5. The normalized spacial score (nSPS) is 15.8. The maximum absolute atomic E-state index is 13.5. The number of carbonyl (C=O) groups excluding carboxylic acids is 2. The van der Waals surface area contributed by atoms with E-state index in [-0.39, 0.29) is 12.0 Å². The van der Waals surface area contributed by atoms with Crippen molar-refractivity contribution in [3.8, 4) is 5.75 Å². The van der Waals surface area contributed by atoms with Gasteiger partial charge in [-0.1, -0.05) is 22.9 Å². The van der Waals surface area contributed by atoms with E-state index in [0.717, 1.165) is 17.5 Å². The third-order valence-electron chi connectivity index (χ3n) is 5.11. The van der Waals surface area contributed by atoms with E-state index >= 15 is 0 Å². The SMILES string of the molecule is COC(=O)c1ccc(C(=O)N(CC2CCCO2)c2nc3c(OC)ccc(Cl)c3s2)cc1. The highest BCUT2D eigenvalue weighted by molar-refractivity contribution is 7.23. The Morgan fingerprint density at radius 2 is 1.94 bits per heavy atom. The Hall–Kier alpha value is -2.68. The molecule has 2 aromatic carbocycles. The molecule has 3 aromatic rings. The van der Waals surface area contributed by atoms with Crippen molar-refractivity contribution in [3.63, 3.8) is 0 Å². The number of anilines is 1. The molecule has 1 aliphatic heterocycles. The van der Waals surface area contributed by atoms with Crippen molar-refractivity contribution in [3.05, 3.63) is 52.5 Å². The number of ether oxygens (including phenoxy) is 3. The van der Waals surface area contributed by atoms with Crippen molar-refractivity contribution in [1.82, 2.24) is 4.98 Å². The summed E-state index contributed by atoms with van der Waals surface area (Å²) in [7, 11) is 2.89. The molecule has 4 rings (SSSR count). The molecule has 0 spiro atoms. The minimum absolute atomic E-state index is 0.0670. The Morgan fingerprint density at radius 3 is 2.58 bits per heavy atom. The molecule has 1 unspecified atom stereocenters. The number of methoxy groups -OCH3 is 2. The number of rotatable bonds is 6. The zero-order chi connectivity index (χ0) is 22.0. The van der Waals surface area contributed by atoms with Gasteiger partial charge in [0.05, 0.1) is 42.2 Å². The fourth-order valence-electron chi connectivity index (χ4n) is 3.48. The van der Waals surface area contributed by atoms with Crippen LogP contribution in [-0.4, -0.2) is 50.3 Å². The van der Waals surface area contributed by atoms with E-state index < -0.39 is 5.97 Å². The van der Waals surface area contributed by atoms with Gasteiger partial charge in [-0.3, -0.25) is 9.69 Å². The van der Waals surface area contributed by atoms with Gasteiger partial charge in [-0.05, 0) is 49.2 Å². The number of amides is 1. The van der Waals surface area contributed by atoms with Crippen LogP contribution in [0.4, 0.5) is 5.13 Å². The molecular formula is C22H21ClN2O5S. The van der Waals surface area contributed by atoms with Crippen LogP contribution in [0.3, 0.4) is 0 Å². The summed E-state index contributed by atoms with van der Waals surface area (Å²) < 4.78 is 16.7. The highest BCUT2D eigenvalue weighted by atomic mass is 35.5. The second-order valence-corrected chi connectivity index (χ2v) is 8.43. The van der Waals surface area contributed by atoms with Crippen LogP contribution < -0.4 is 9.64 Å². The summed E-state index contributed by atoms with van der Waals surface area (Å²) in [5.41, 5.74) is 1.42. The Kier molecular flexibility index (Phi) is 6.41. The third kappa shape index (κ3) is 4.37. The zero-order valence-corrected chi connectivity index (χ0v) is 18.7. The summed E-state index contributed by atoms with van der Waals surface area (Å²) >= 11 is 7.71. The number of nitrogens with zero attached hydrogens (tertiary/aromatic N) is 2. The van der Waals surface area contributed by atoms with Gasteiger partial charge in [0.25, 0.3) is 5.91 Å². The summed E-state index contributed by atoms with van der Waals surface area (Å²) in [6.07, 6.45) is 1.77. The molecule has 0 saturated carbocycles. The van der Waals surface area contributed by atoms with Crippen molar-refractivity contribution in [2.75, 3.05) is 32.3 Å². The first-order chi connectivity index (χ1) is 15.0. The van der Waals surface area contributed by atoms with E-state index in [4.69, 9.17) is 25.8 Å². The zero-order valence-electron chi connectivity index (χ0n) is 17.1. The van der Waals surface area contributed by atoms with Crippen molar-refractivity contribution in [2.24, 2.45) is 0 Å². The summed E-state index contributed by atoms with van der Waals surface area (Å²) in [5.74, 6) is -0.0990. The van der Waals surface area contributed by atoms with E-state index in [1.807, 2.05) is 0 Å². The van der Waals surface area contributed by atoms with Crippen molar-refractivity contribution >= 4 is 50.2 Å². The molecule has 1 aromatic heterocycles. The van der Waals surface area contributed by atoms with Crippen LogP contribution >= 0.6 is 22.9 Å². The lowest BCUT2D eigenvalue weighted by Crippen LogP contribution is -2.37. The molecule has 1 aliphatic rings. The molecule has 1 fully saturated rings. The topological polar surface area (TPSA) is 78.0 Å². The van der Waals surface area contributed by atoms with E-state index in [0.29, 0.717) is 45.7 Å². The molecule has 2 heterocycles. The molecule has 0 radical (unpaired) electrons. The second-order valence-electron chi connectivity index (χ2n) is 7.04. The van der Waals surface area contributed by atoms with E-state index in [2.05, 4.69) is 4.98 Å². The molecule has 1 amide bonds. The number of esters is 1. The van der Waals surface area contributed by atoms with Gasteiger partial charge in [-0.25, -0.2) is 9.78 Å². The largest absolute Gasteiger partial charge is 0.494 e. The van der Waals surface area contributed by atoms with Crippen LogP contribution in [-0.2, 0) is 9.47 Å². The lowest BCUT2D eigenvalue weighted by Gasteiger charge is -2.23. The van der Waals surface area contributed by atoms with Gasteiger partial charge in [-0.2, -0.15) is 0 Å². The lowest BCUT2D eigenvalue weighted by molar-refractivity contribution is 0.0600. The number of fused-ring (bicyclic) bond motifs is 1. The quantitative estimate of drug-likeness (QED) is 0.501. The van der Waals surface area contributed by atoms with E-state index in [1.54, 1.807) is 48.4 Å². The Bertz CT molecular complexity index is 1110. The Balaban J connectivity index is 1.72. The first-order valence-electron chi connectivity index (χ1n) is 9.76.